The zero-order valence-electron chi connectivity index (χ0n) is 17.1. The van der Waals surface area contributed by atoms with Crippen LogP contribution < -0.4 is 5.43 Å². The van der Waals surface area contributed by atoms with Crippen LogP contribution in [0.25, 0.3) is 11.0 Å². The Hall–Kier alpha value is -3.03. The molecule has 3 aromatic rings. The summed E-state index contributed by atoms with van der Waals surface area (Å²) in [7, 11) is 0. The highest BCUT2D eigenvalue weighted by atomic mass is 19.1. The van der Waals surface area contributed by atoms with Gasteiger partial charge in [-0.1, -0.05) is 24.3 Å². The lowest BCUT2D eigenvalue weighted by molar-refractivity contribution is 0.0353. The number of morpholine rings is 1. The smallest absolute Gasteiger partial charge is 0.290 e. The van der Waals surface area contributed by atoms with Crippen molar-refractivity contribution in [3.63, 3.8) is 0 Å². The first-order valence-electron chi connectivity index (χ1n) is 10.6. The van der Waals surface area contributed by atoms with Crippen LogP contribution in [0.5, 0.6) is 0 Å². The summed E-state index contributed by atoms with van der Waals surface area (Å²) in [5.74, 6) is -0.573. The van der Waals surface area contributed by atoms with Crippen LogP contribution in [0, 0.1) is 5.82 Å². The highest BCUT2D eigenvalue weighted by Gasteiger charge is 2.42. The first kappa shape index (κ1) is 19.9. The predicted octanol–water partition coefficient (Wildman–Crippen LogP) is 3.20. The maximum absolute atomic E-state index is 13.6. The molecule has 2 aliphatic rings. The summed E-state index contributed by atoms with van der Waals surface area (Å²) in [5, 5.41) is 0.441. The maximum Gasteiger partial charge on any atom is 0.290 e. The van der Waals surface area contributed by atoms with E-state index < -0.39 is 6.04 Å². The normalized spacial score (nSPS) is 19.2. The van der Waals surface area contributed by atoms with Gasteiger partial charge in [0.05, 0.1) is 30.2 Å². The summed E-state index contributed by atoms with van der Waals surface area (Å²) in [6.45, 7) is 4.50. The fraction of sp³-hybridized carbons (Fsp3) is 0.333. The van der Waals surface area contributed by atoms with Crippen LogP contribution in [-0.4, -0.2) is 55.1 Å². The van der Waals surface area contributed by atoms with E-state index in [0.29, 0.717) is 28.6 Å². The average Bonchev–Trinajstić information content (AvgIpc) is 3.07. The van der Waals surface area contributed by atoms with Gasteiger partial charge in [0.1, 0.15) is 11.4 Å². The molecular weight excluding hydrogens is 399 g/mol. The van der Waals surface area contributed by atoms with Crippen LogP contribution in [0.2, 0.25) is 0 Å². The van der Waals surface area contributed by atoms with E-state index in [9.17, 15) is 14.0 Å². The Balaban J connectivity index is 1.52. The molecule has 3 heterocycles. The van der Waals surface area contributed by atoms with Gasteiger partial charge in [-0.2, -0.15) is 0 Å². The Bertz CT molecular complexity index is 1170. The quantitative estimate of drug-likeness (QED) is 0.632. The zero-order chi connectivity index (χ0) is 21.4. The van der Waals surface area contributed by atoms with E-state index in [1.165, 1.54) is 12.1 Å². The van der Waals surface area contributed by atoms with Crippen molar-refractivity contribution in [2.75, 3.05) is 39.4 Å². The molecule has 1 aromatic heterocycles. The van der Waals surface area contributed by atoms with E-state index in [0.717, 1.165) is 39.3 Å². The first-order chi connectivity index (χ1) is 15.1. The molecule has 1 amide bonds. The second-order valence-corrected chi connectivity index (χ2v) is 7.93. The Morgan fingerprint density at radius 2 is 1.71 bits per heavy atom. The molecule has 0 N–H and O–H groups in total. The minimum absolute atomic E-state index is 0.0874. The summed E-state index contributed by atoms with van der Waals surface area (Å²) < 4.78 is 24.9. The van der Waals surface area contributed by atoms with Gasteiger partial charge < -0.3 is 14.1 Å². The number of para-hydroxylation sites is 1. The van der Waals surface area contributed by atoms with Gasteiger partial charge in [0, 0.05) is 26.2 Å². The van der Waals surface area contributed by atoms with Gasteiger partial charge in [0.25, 0.3) is 5.91 Å². The number of nitrogens with zero attached hydrogens (tertiary/aromatic N) is 2. The van der Waals surface area contributed by atoms with Crippen molar-refractivity contribution >= 4 is 16.9 Å². The number of rotatable bonds is 5. The van der Waals surface area contributed by atoms with Crippen molar-refractivity contribution in [3.05, 3.63) is 81.5 Å². The minimum atomic E-state index is -0.589. The van der Waals surface area contributed by atoms with Crippen LogP contribution in [0.15, 0.2) is 57.7 Å². The molecule has 7 heteroatoms. The van der Waals surface area contributed by atoms with Crippen LogP contribution in [-0.2, 0) is 4.74 Å². The molecule has 0 bridgehead atoms. The Morgan fingerprint density at radius 3 is 2.48 bits per heavy atom. The molecule has 2 aromatic carbocycles. The molecule has 5 rings (SSSR count). The van der Waals surface area contributed by atoms with Gasteiger partial charge in [-0.05, 0) is 36.2 Å². The lowest BCUT2D eigenvalue weighted by atomic mass is 9.98. The summed E-state index contributed by atoms with van der Waals surface area (Å²) in [5.41, 5.74) is 1.21. The molecule has 0 saturated carbocycles. The van der Waals surface area contributed by atoms with Crippen LogP contribution in [0.3, 0.4) is 0 Å². The van der Waals surface area contributed by atoms with Crippen LogP contribution in [0.4, 0.5) is 4.39 Å². The van der Waals surface area contributed by atoms with Crippen molar-refractivity contribution in [2.24, 2.45) is 0 Å². The van der Waals surface area contributed by atoms with E-state index in [1.807, 2.05) is 0 Å². The molecule has 2 aliphatic heterocycles. The molecule has 0 unspecified atom stereocenters. The van der Waals surface area contributed by atoms with Crippen molar-refractivity contribution in [3.8, 4) is 0 Å². The van der Waals surface area contributed by atoms with Crippen molar-refractivity contribution in [1.29, 1.82) is 0 Å². The van der Waals surface area contributed by atoms with E-state index in [1.54, 1.807) is 41.3 Å². The Labute approximate surface area is 178 Å². The number of carbonyl (C=O) groups is 1. The fourth-order valence-corrected chi connectivity index (χ4v) is 4.48. The molecule has 160 valence electrons. The molecular formula is C24H23FN2O4. The summed E-state index contributed by atoms with van der Waals surface area (Å²) in [4.78, 5) is 30.6. The van der Waals surface area contributed by atoms with Crippen LogP contribution in [0.1, 0.15) is 34.1 Å². The number of amides is 1. The third kappa shape index (κ3) is 3.64. The molecule has 0 spiro atoms. The van der Waals surface area contributed by atoms with Crippen molar-refractivity contribution < 1.29 is 18.3 Å². The standard InChI is InChI=1S/C24H23FN2O4/c25-17-8-6-16(7-9-17)21-20-22(28)18-4-1-2-5-19(18)31-23(20)24(29)27(21)11-3-10-26-12-14-30-15-13-26/h1-2,4-9,21H,3,10-15H2/t21-/m1/s1. The SMILES string of the molecule is O=C1c2oc3ccccc3c(=O)c2[C@@H](c2ccc(F)cc2)N1CCCN1CCOCC1. The highest BCUT2D eigenvalue weighted by Crippen LogP contribution is 2.38. The number of hydrogen-bond acceptors (Lipinski definition) is 5. The van der Waals surface area contributed by atoms with E-state index >= 15 is 0 Å². The largest absolute Gasteiger partial charge is 0.450 e. The number of hydrogen-bond donors (Lipinski definition) is 0. The summed E-state index contributed by atoms with van der Waals surface area (Å²) in [6, 6.07) is 12.3. The zero-order valence-corrected chi connectivity index (χ0v) is 17.1. The summed E-state index contributed by atoms with van der Waals surface area (Å²) >= 11 is 0. The number of fused-ring (bicyclic) bond motifs is 2. The van der Waals surface area contributed by atoms with Gasteiger partial charge in [-0.25, -0.2) is 4.39 Å². The number of carbonyl (C=O) groups excluding carboxylic acids is 1. The summed E-state index contributed by atoms with van der Waals surface area (Å²) in [6.07, 6.45) is 0.755. The molecule has 6 nitrogen and oxygen atoms in total. The van der Waals surface area contributed by atoms with Gasteiger partial charge in [-0.3, -0.25) is 14.5 Å². The third-order valence-corrected chi connectivity index (χ3v) is 6.04. The fourth-order valence-electron chi connectivity index (χ4n) is 4.48. The first-order valence-corrected chi connectivity index (χ1v) is 10.6. The molecule has 31 heavy (non-hydrogen) atoms. The minimum Gasteiger partial charge on any atom is -0.450 e. The second-order valence-electron chi connectivity index (χ2n) is 7.93. The topological polar surface area (TPSA) is 63.0 Å². The lowest BCUT2D eigenvalue weighted by Gasteiger charge is -2.29. The molecule has 0 radical (unpaired) electrons. The van der Waals surface area contributed by atoms with Gasteiger partial charge in [0.2, 0.25) is 5.76 Å². The number of halogens is 1. The maximum atomic E-state index is 13.6. The van der Waals surface area contributed by atoms with Crippen LogP contribution >= 0.6 is 0 Å². The Morgan fingerprint density at radius 1 is 0.968 bits per heavy atom. The van der Waals surface area contributed by atoms with Gasteiger partial charge in [-0.15, -0.1) is 0 Å². The Kier molecular flexibility index (Phi) is 5.29. The monoisotopic (exact) mass is 422 g/mol. The number of benzene rings is 2. The average molecular weight is 422 g/mol. The number of ether oxygens (including phenoxy) is 1. The second kappa shape index (κ2) is 8.24. The molecule has 0 aliphatic carbocycles. The van der Waals surface area contributed by atoms with E-state index in [4.69, 9.17) is 9.15 Å². The lowest BCUT2D eigenvalue weighted by Crippen LogP contribution is -2.38. The van der Waals surface area contributed by atoms with E-state index in [-0.39, 0.29) is 22.9 Å². The molecule has 1 saturated heterocycles. The molecule has 1 atom stereocenters. The van der Waals surface area contributed by atoms with E-state index in [2.05, 4.69) is 4.90 Å². The van der Waals surface area contributed by atoms with Gasteiger partial charge >= 0.3 is 0 Å². The predicted molar refractivity (Wildman–Crippen MR) is 114 cm³/mol. The van der Waals surface area contributed by atoms with Crippen molar-refractivity contribution in [1.82, 2.24) is 9.80 Å². The van der Waals surface area contributed by atoms with Gasteiger partial charge in [0.15, 0.2) is 5.43 Å². The van der Waals surface area contributed by atoms with Crippen molar-refractivity contribution in [2.45, 2.75) is 12.5 Å². The highest BCUT2D eigenvalue weighted by molar-refractivity contribution is 5.99. The molecule has 1 fully saturated rings. The third-order valence-electron chi connectivity index (χ3n) is 6.04.